The molecule has 5 aliphatic rings. The molecular weight excluding hydrogens is 412 g/mol. The Labute approximate surface area is 189 Å². The standard InChI is InChI=1S/C25H34O7/c1-4-29-10-9-25(28)18-6-5-17-14-24(30-11-12-31-24)8-7-22(17,3)20(18)19-15-23(25,13-16(2)26)21(27)32-19/h5,9-10,18-20,28H,4,6-8,11-15H2,1-3H3/b10-9+/t18-,19-,20+,22+,23+,25+/m1/s1. The molecular formula is C25H34O7. The van der Waals surface area contributed by atoms with Crippen molar-refractivity contribution in [3.05, 3.63) is 24.0 Å². The van der Waals surface area contributed by atoms with Crippen LogP contribution in [0.5, 0.6) is 0 Å². The number of allylic oxidation sites excluding steroid dienone is 1. The quantitative estimate of drug-likeness (QED) is 0.394. The fraction of sp³-hybridized carbons (Fsp3) is 0.760. The predicted octanol–water partition coefficient (Wildman–Crippen LogP) is 3.06. The van der Waals surface area contributed by atoms with E-state index in [2.05, 4.69) is 13.0 Å². The number of aliphatic hydroxyl groups is 1. The smallest absolute Gasteiger partial charge is 0.316 e. The number of carbonyl (C=O) groups excluding carboxylic acids is 2. The van der Waals surface area contributed by atoms with Crippen molar-refractivity contribution < 1.29 is 33.6 Å². The molecule has 1 N–H and O–H groups in total. The molecule has 4 fully saturated rings. The Balaban J connectivity index is 1.58. The third kappa shape index (κ3) is 2.90. The Bertz CT molecular complexity index is 872. The molecule has 176 valence electrons. The van der Waals surface area contributed by atoms with Gasteiger partial charge in [0.15, 0.2) is 5.79 Å². The van der Waals surface area contributed by atoms with Crippen molar-refractivity contribution in [1.82, 2.24) is 0 Å². The SMILES string of the molecule is CCO/C=C/[C@]1(O)[C@@H]2CC=C3CC4(CC[C@]3(C)[C@@H]2[C@H]2C[C@@]1(CC(C)=O)C(=O)O2)OCCO4. The van der Waals surface area contributed by atoms with Gasteiger partial charge in [-0.15, -0.1) is 0 Å². The molecule has 7 heteroatoms. The van der Waals surface area contributed by atoms with Gasteiger partial charge >= 0.3 is 5.97 Å². The number of hydrogen-bond acceptors (Lipinski definition) is 7. The Morgan fingerprint density at radius 1 is 1.31 bits per heavy atom. The second kappa shape index (κ2) is 7.40. The number of hydrogen-bond donors (Lipinski definition) is 1. The number of ether oxygens (including phenoxy) is 4. The minimum absolute atomic E-state index is 0.0312. The van der Waals surface area contributed by atoms with Crippen LogP contribution in [0.3, 0.4) is 0 Å². The monoisotopic (exact) mass is 446 g/mol. The molecule has 2 saturated carbocycles. The molecule has 0 aromatic rings. The van der Waals surface area contributed by atoms with Crippen LogP contribution in [0.25, 0.3) is 0 Å². The van der Waals surface area contributed by atoms with Gasteiger partial charge in [0.25, 0.3) is 0 Å². The summed E-state index contributed by atoms with van der Waals surface area (Å²) >= 11 is 0. The number of ketones is 1. The van der Waals surface area contributed by atoms with Gasteiger partial charge in [-0.1, -0.05) is 18.6 Å². The second-order valence-electron chi connectivity index (χ2n) is 10.5. The van der Waals surface area contributed by atoms with Crippen LogP contribution in [-0.4, -0.2) is 54.2 Å². The fourth-order valence-corrected chi connectivity index (χ4v) is 7.45. The number of Topliss-reactive ketones (excluding diaryl/α,β-unsaturated/α-hetero) is 1. The molecule has 3 aliphatic carbocycles. The summed E-state index contributed by atoms with van der Waals surface area (Å²) in [6.45, 7) is 7.25. The summed E-state index contributed by atoms with van der Waals surface area (Å²) in [4.78, 5) is 25.5. The van der Waals surface area contributed by atoms with E-state index in [-0.39, 0.29) is 35.6 Å². The maximum atomic E-state index is 13.3. The Kier molecular flexibility index (Phi) is 5.12. The van der Waals surface area contributed by atoms with Gasteiger partial charge in [-0.2, -0.15) is 0 Å². The molecule has 0 amide bonds. The van der Waals surface area contributed by atoms with Crippen LogP contribution in [0.15, 0.2) is 24.0 Å². The lowest BCUT2D eigenvalue weighted by molar-refractivity contribution is -0.197. The minimum Gasteiger partial charge on any atom is -0.502 e. The van der Waals surface area contributed by atoms with Crippen molar-refractivity contribution in [1.29, 1.82) is 0 Å². The zero-order valence-corrected chi connectivity index (χ0v) is 19.2. The first kappa shape index (κ1) is 22.1. The zero-order chi connectivity index (χ0) is 22.8. The molecule has 0 radical (unpaired) electrons. The van der Waals surface area contributed by atoms with Gasteiger partial charge in [-0.05, 0) is 38.2 Å². The molecule has 2 heterocycles. The third-order valence-corrected chi connectivity index (χ3v) is 8.89. The summed E-state index contributed by atoms with van der Waals surface area (Å²) in [5, 5.41) is 12.3. The topological polar surface area (TPSA) is 91.3 Å². The van der Waals surface area contributed by atoms with E-state index >= 15 is 0 Å². The number of rotatable bonds is 5. The van der Waals surface area contributed by atoms with Crippen LogP contribution in [0, 0.1) is 22.7 Å². The summed E-state index contributed by atoms with van der Waals surface area (Å²) in [5.41, 5.74) is -1.77. The van der Waals surface area contributed by atoms with E-state index in [0.29, 0.717) is 39.1 Å². The first-order valence-electron chi connectivity index (χ1n) is 11.9. The Morgan fingerprint density at radius 3 is 2.75 bits per heavy atom. The summed E-state index contributed by atoms with van der Waals surface area (Å²) in [6.07, 6.45) is 8.24. The minimum atomic E-state index is -1.52. The number of esters is 1. The van der Waals surface area contributed by atoms with E-state index in [4.69, 9.17) is 18.9 Å². The normalized spacial score (nSPS) is 44.2. The van der Waals surface area contributed by atoms with Crippen LogP contribution in [0.1, 0.15) is 59.3 Å². The van der Waals surface area contributed by atoms with Crippen LogP contribution in [0.2, 0.25) is 0 Å². The predicted molar refractivity (Wildman–Crippen MR) is 114 cm³/mol. The third-order valence-electron chi connectivity index (χ3n) is 8.89. The van der Waals surface area contributed by atoms with Gasteiger partial charge in [0.2, 0.25) is 0 Å². The van der Waals surface area contributed by atoms with Gasteiger partial charge in [0.1, 0.15) is 22.9 Å². The summed E-state index contributed by atoms with van der Waals surface area (Å²) in [6, 6.07) is 0. The van der Waals surface area contributed by atoms with Crippen LogP contribution in [0.4, 0.5) is 0 Å². The lowest BCUT2D eigenvalue weighted by atomic mass is 9.45. The van der Waals surface area contributed by atoms with Gasteiger partial charge in [-0.3, -0.25) is 9.59 Å². The van der Waals surface area contributed by atoms with Gasteiger partial charge in [0, 0.05) is 37.5 Å². The van der Waals surface area contributed by atoms with Crippen molar-refractivity contribution in [2.45, 2.75) is 76.8 Å². The summed E-state index contributed by atoms with van der Waals surface area (Å²) < 4.78 is 23.4. The van der Waals surface area contributed by atoms with E-state index in [1.807, 2.05) is 6.92 Å². The lowest BCUT2D eigenvalue weighted by Crippen LogP contribution is -2.64. The molecule has 2 saturated heterocycles. The zero-order valence-electron chi connectivity index (χ0n) is 19.2. The van der Waals surface area contributed by atoms with E-state index < -0.39 is 22.8 Å². The van der Waals surface area contributed by atoms with Gasteiger partial charge in [-0.25, -0.2) is 0 Å². The highest BCUT2D eigenvalue weighted by atomic mass is 16.7. The number of carbonyl (C=O) groups is 2. The lowest BCUT2D eigenvalue weighted by Gasteiger charge is -2.59. The maximum Gasteiger partial charge on any atom is 0.316 e. The molecule has 32 heavy (non-hydrogen) atoms. The highest BCUT2D eigenvalue weighted by molar-refractivity contribution is 5.89. The first-order valence-corrected chi connectivity index (χ1v) is 11.9. The van der Waals surface area contributed by atoms with E-state index in [0.717, 1.165) is 12.8 Å². The molecule has 6 atom stereocenters. The molecule has 7 nitrogen and oxygen atoms in total. The highest BCUT2D eigenvalue weighted by Gasteiger charge is 2.73. The van der Waals surface area contributed by atoms with E-state index in [1.165, 1.54) is 18.8 Å². The summed E-state index contributed by atoms with van der Waals surface area (Å²) in [5.74, 6) is -1.43. The van der Waals surface area contributed by atoms with Crippen LogP contribution >= 0.6 is 0 Å². The van der Waals surface area contributed by atoms with Gasteiger partial charge < -0.3 is 24.1 Å². The van der Waals surface area contributed by atoms with Crippen molar-refractivity contribution >= 4 is 11.8 Å². The maximum absolute atomic E-state index is 13.3. The molecule has 2 bridgehead atoms. The molecule has 5 rings (SSSR count). The molecule has 0 unspecified atom stereocenters. The van der Waals surface area contributed by atoms with Crippen molar-refractivity contribution in [3.8, 4) is 0 Å². The average Bonchev–Trinajstić information content (AvgIpc) is 3.31. The Hall–Kier alpha value is -1.70. The Morgan fingerprint density at radius 2 is 2.06 bits per heavy atom. The molecule has 0 aromatic carbocycles. The van der Waals surface area contributed by atoms with Crippen molar-refractivity contribution in [2.24, 2.45) is 22.7 Å². The van der Waals surface area contributed by atoms with Crippen LogP contribution in [-0.2, 0) is 28.5 Å². The largest absolute Gasteiger partial charge is 0.502 e. The molecule has 0 aromatic heterocycles. The van der Waals surface area contributed by atoms with Gasteiger partial charge in [0.05, 0.1) is 26.1 Å². The summed E-state index contributed by atoms with van der Waals surface area (Å²) in [7, 11) is 0. The fourth-order valence-electron chi connectivity index (χ4n) is 7.45. The van der Waals surface area contributed by atoms with E-state index in [9.17, 15) is 14.7 Å². The van der Waals surface area contributed by atoms with Crippen LogP contribution < -0.4 is 0 Å². The highest BCUT2D eigenvalue weighted by Crippen LogP contribution is 2.67. The molecule has 1 spiro atoms. The van der Waals surface area contributed by atoms with Crippen molar-refractivity contribution in [3.63, 3.8) is 0 Å². The first-order chi connectivity index (χ1) is 15.2. The second-order valence-corrected chi connectivity index (χ2v) is 10.5. The average molecular weight is 447 g/mol. The number of fused-ring (bicyclic) bond motifs is 6. The van der Waals surface area contributed by atoms with Crippen molar-refractivity contribution in [2.75, 3.05) is 19.8 Å². The molecule has 2 aliphatic heterocycles. The van der Waals surface area contributed by atoms with E-state index in [1.54, 1.807) is 6.08 Å².